The van der Waals surface area contributed by atoms with E-state index in [9.17, 15) is 13.2 Å². The van der Waals surface area contributed by atoms with Crippen LogP contribution in [-0.4, -0.2) is 22.8 Å². The van der Waals surface area contributed by atoms with Gasteiger partial charge in [0.15, 0.2) is 0 Å². The van der Waals surface area contributed by atoms with Gasteiger partial charge in [-0.05, 0) is 18.6 Å². The predicted octanol–water partition coefficient (Wildman–Crippen LogP) is 3.59. The van der Waals surface area contributed by atoms with E-state index in [1.807, 2.05) is 6.07 Å². The summed E-state index contributed by atoms with van der Waals surface area (Å²) in [5, 5.41) is 0.676. The molecule has 0 atom stereocenters. The zero-order valence-corrected chi connectivity index (χ0v) is 11.8. The number of alkyl halides is 3. The van der Waals surface area contributed by atoms with Crippen molar-refractivity contribution in [2.45, 2.75) is 19.0 Å². The second-order valence-electron chi connectivity index (χ2n) is 4.45. The molecule has 0 unspecified atom stereocenters. The summed E-state index contributed by atoms with van der Waals surface area (Å²) < 4.78 is 41.9. The number of para-hydroxylation sites is 1. The molecule has 0 aliphatic rings. The summed E-state index contributed by atoms with van der Waals surface area (Å²) >= 11 is 4.93. The number of benzene rings is 1. The van der Waals surface area contributed by atoms with Gasteiger partial charge in [-0.2, -0.15) is 13.2 Å². The van der Waals surface area contributed by atoms with E-state index in [1.54, 1.807) is 18.2 Å². The van der Waals surface area contributed by atoms with E-state index in [0.29, 0.717) is 22.2 Å². The van der Waals surface area contributed by atoms with E-state index in [-0.39, 0.29) is 18.0 Å². The molecule has 0 saturated carbocycles. The lowest BCUT2D eigenvalue weighted by atomic mass is 10.1. The van der Waals surface area contributed by atoms with Gasteiger partial charge in [0.1, 0.15) is 10.7 Å². The summed E-state index contributed by atoms with van der Waals surface area (Å²) in [6.45, 7) is -0.0663. The zero-order chi connectivity index (χ0) is 15.5. The smallest absolute Gasteiger partial charge is 0.389 e. The fraction of sp³-hybridized carbons (Fsp3) is 0.286. The zero-order valence-electron chi connectivity index (χ0n) is 11.0. The van der Waals surface area contributed by atoms with Crippen LogP contribution < -0.4 is 10.5 Å². The Kier molecular flexibility index (Phi) is 4.62. The number of hydrogen-bond donors (Lipinski definition) is 1. The molecule has 0 aliphatic heterocycles. The van der Waals surface area contributed by atoms with Crippen molar-refractivity contribution >= 4 is 28.1 Å². The minimum Gasteiger partial charge on any atom is -0.492 e. The van der Waals surface area contributed by atoms with Crippen LogP contribution in [-0.2, 0) is 0 Å². The fourth-order valence-electron chi connectivity index (χ4n) is 1.89. The van der Waals surface area contributed by atoms with Crippen molar-refractivity contribution in [3.8, 4) is 5.75 Å². The number of fused-ring (bicyclic) bond motifs is 1. The molecule has 2 aromatic rings. The third-order valence-electron chi connectivity index (χ3n) is 2.84. The Bertz CT molecular complexity index is 658. The van der Waals surface area contributed by atoms with E-state index in [1.165, 1.54) is 6.20 Å². The van der Waals surface area contributed by atoms with Crippen molar-refractivity contribution in [3.63, 3.8) is 0 Å². The van der Waals surface area contributed by atoms with Crippen LogP contribution in [0.5, 0.6) is 5.75 Å². The number of hydrogen-bond acceptors (Lipinski definition) is 3. The maximum absolute atomic E-state index is 12.1. The lowest BCUT2D eigenvalue weighted by Crippen LogP contribution is -2.14. The fourth-order valence-corrected chi connectivity index (χ4v) is 2.04. The molecule has 2 rings (SSSR count). The number of thiocarbonyl (C=S) groups is 1. The average molecular weight is 314 g/mol. The lowest BCUT2D eigenvalue weighted by molar-refractivity contribution is -0.136. The van der Waals surface area contributed by atoms with Crippen molar-refractivity contribution in [2.75, 3.05) is 6.61 Å². The van der Waals surface area contributed by atoms with Gasteiger partial charge in [-0.15, -0.1) is 0 Å². The van der Waals surface area contributed by atoms with E-state index < -0.39 is 12.6 Å². The largest absolute Gasteiger partial charge is 0.492 e. The highest BCUT2D eigenvalue weighted by atomic mass is 32.1. The molecule has 1 aromatic heterocycles. The summed E-state index contributed by atoms with van der Waals surface area (Å²) in [7, 11) is 0. The average Bonchev–Trinajstić information content (AvgIpc) is 2.42. The third-order valence-corrected chi connectivity index (χ3v) is 3.06. The van der Waals surface area contributed by atoms with Gasteiger partial charge in [0.2, 0.25) is 0 Å². The quantitative estimate of drug-likeness (QED) is 0.677. The second-order valence-corrected chi connectivity index (χ2v) is 4.89. The Morgan fingerprint density at radius 2 is 2.00 bits per heavy atom. The second kappa shape index (κ2) is 6.26. The Morgan fingerprint density at radius 3 is 2.67 bits per heavy atom. The SMILES string of the molecule is NC(=S)c1cnc2ccccc2c1OCCCC(F)(F)F. The molecule has 0 bridgehead atoms. The summed E-state index contributed by atoms with van der Waals surface area (Å²) in [5.74, 6) is 0.385. The molecule has 21 heavy (non-hydrogen) atoms. The first kappa shape index (κ1) is 15.5. The molecule has 3 nitrogen and oxygen atoms in total. The van der Waals surface area contributed by atoms with Crippen LogP contribution in [0.1, 0.15) is 18.4 Å². The van der Waals surface area contributed by atoms with Crippen molar-refractivity contribution in [3.05, 3.63) is 36.0 Å². The summed E-state index contributed by atoms with van der Waals surface area (Å²) in [4.78, 5) is 4.30. The first-order valence-corrected chi connectivity index (χ1v) is 6.66. The number of ether oxygens (including phenoxy) is 1. The Balaban J connectivity index is 2.23. The lowest BCUT2D eigenvalue weighted by Gasteiger charge is -2.13. The van der Waals surface area contributed by atoms with Crippen LogP contribution in [0.3, 0.4) is 0 Å². The van der Waals surface area contributed by atoms with Gasteiger partial charge >= 0.3 is 6.18 Å². The van der Waals surface area contributed by atoms with Crippen molar-refractivity contribution in [2.24, 2.45) is 5.73 Å². The molecule has 0 saturated heterocycles. The number of pyridine rings is 1. The molecule has 0 amide bonds. The normalized spacial score (nSPS) is 11.6. The highest BCUT2D eigenvalue weighted by Crippen LogP contribution is 2.29. The third kappa shape index (κ3) is 4.04. The molecule has 0 radical (unpaired) electrons. The summed E-state index contributed by atoms with van der Waals surface area (Å²) in [5.41, 5.74) is 6.71. The van der Waals surface area contributed by atoms with Crippen LogP contribution in [0.25, 0.3) is 10.9 Å². The molecule has 0 spiro atoms. The predicted molar refractivity (Wildman–Crippen MR) is 78.4 cm³/mol. The van der Waals surface area contributed by atoms with E-state index in [0.717, 1.165) is 0 Å². The molecule has 2 N–H and O–H groups in total. The monoisotopic (exact) mass is 314 g/mol. The van der Waals surface area contributed by atoms with Crippen LogP contribution in [0.4, 0.5) is 13.2 Å². The van der Waals surface area contributed by atoms with Gasteiger partial charge in [-0.25, -0.2) is 0 Å². The molecule has 112 valence electrons. The summed E-state index contributed by atoms with van der Waals surface area (Å²) in [6, 6.07) is 7.14. The summed E-state index contributed by atoms with van der Waals surface area (Å²) in [6.07, 6.45) is -3.73. The van der Waals surface area contributed by atoms with Crippen molar-refractivity contribution in [1.29, 1.82) is 0 Å². The van der Waals surface area contributed by atoms with Gasteiger partial charge < -0.3 is 10.5 Å². The van der Waals surface area contributed by atoms with Crippen molar-refractivity contribution in [1.82, 2.24) is 4.98 Å². The standard InChI is InChI=1S/C14H13F3N2OS/c15-14(16,17)6-3-7-20-12-9-4-1-2-5-11(9)19-8-10(12)13(18)21/h1-2,4-5,8H,3,6-7H2,(H2,18,21). The minimum absolute atomic E-state index is 0.0663. The van der Waals surface area contributed by atoms with E-state index in [2.05, 4.69) is 4.98 Å². The Morgan fingerprint density at radius 1 is 1.29 bits per heavy atom. The molecular formula is C14H13F3N2OS. The number of nitrogens with two attached hydrogens (primary N) is 1. The van der Waals surface area contributed by atoms with Gasteiger partial charge in [0.05, 0.1) is 17.7 Å². The number of aromatic nitrogens is 1. The van der Waals surface area contributed by atoms with Crippen LogP contribution in [0.2, 0.25) is 0 Å². The molecule has 1 aromatic carbocycles. The van der Waals surface area contributed by atoms with E-state index >= 15 is 0 Å². The first-order valence-electron chi connectivity index (χ1n) is 6.25. The molecular weight excluding hydrogens is 301 g/mol. The number of rotatable bonds is 5. The van der Waals surface area contributed by atoms with Crippen LogP contribution >= 0.6 is 12.2 Å². The maximum atomic E-state index is 12.1. The van der Waals surface area contributed by atoms with Gasteiger partial charge in [-0.1, -0.05) is 24.4 Å². The van der Waals surface area contributed by atoms with Crippen LogP contribution in [0, 0.1) is 0 Å². The Hall–Kier alpha value is -1.89. The molecule has 0 fully saturated rings. The minimum atomic E-state index is -4.18. The van der Waals surface area contributed by atoms with Crippen LogP contribution in [0.15, 0.2) is 30.5 Å². The van der Waals surface area contributed by atoms with Gasteiger partial charge in [-0.3, -0.25) is 4.98 Å². The topological polar surface area (TPSA) is 48.1 Å². The Labute approximate surface area is 124 Å². The van der Waals surface area contributed by atoms with Crippen molar-refractivity contribution < 1.29 is 17.9 Å². The highest BCUT2D eigenvalue weighted by molar-refractivity contribution is 7.80. The molecule has 7 heteroatoms. The van der Waals surface area contributed by atoms with Gasteiger partial charge in [0, 0.05) is 18.0 Å². The number of nitrogens with zero attached hydrogens (tertiary/aromatic N) is 1. The first-order chi connectivity index (χ1) is 9.88. The maximum Gasteiger partial charge on any atom is 0.389 e. The van der Waals surface area contributed by atoms with Gasteiger partial charge in [0.25, 0.3) is 0 Å². The van der Waals surface area contributed by atoms with E-state index in [4.69, 9.17) is 22.7 Å². The highest BCUT2D eigenvalue weighted by Gasteiger charge is 2.26. The molecule has 1 heterocycles. The molecule has 0 aliphatic carbocycles. The number of halogens is 3.